The van der Waals surface area contributed by atoms with E-state index in [0.29, 0.717) is 24.3 Å². The summed E-state index contributed by atoms with van der Waals surface area (Å²) in [5.74, 6) is 0.627. The van der Waals surface area contributed by atoms with Crippen molar-refractivity contribution in [3.8, 4) is 22.9 Å². The van der Waals surface area contributed by atoms with Crippen LogP contribution in [0.25, 0.3) is 16.8 Å². The lowest BCUT2D eigenvalue weighted by Crippen LogP contribution is -2.52. The molecule has 2 atom stereocenters. The Morgan fingerprint density at radius 2 is 1.70 bits per heavy atom. The number of hydrogen-bond acceptors (Lipinski definition) is 5. The van der Waals surface area contributed by atoms with Crippen LogP contribution in [0.5, 0.6) is 0 Å². The van der Waals surface area contributed by atoms with Crippen molar-refractivity contribution < 1.29 is 13.4 Å². The van der Waals surface area contributed by atoms with E-state index in [9.17, 15) is 18.7 Å². The normalized spacial score (nSPS) is 23.2. The molecule has 2 heterocycles. The molecule has 1 saturated heterocycles. The number of amides is 1. The van der Waals surface area contributed by atoms with Crippen LogP contribution in [-0.2, 0) is 14.9 Å². The molecule has 1 aromatic heterocycles. The molecule has 0 radical (unpaired) electrons. The Hall–Kier alpha value is -3.55. The highest BCUT2D eigenvalue weighted by atomic mass is 32.3. The highest BCUT2D eigenvalue weighted by Crippen LogP contribution is 2.43. The number of anilines is 1. The van der Waals surface area contributed by atoms with Gasteiger partial charge in [0.05, 0.1) is 17.5 Å². The maximum atomic E-state index is 13.7. The lowest BCUT2D eigenvalue weighted by atomic mass is 9.75. The van der Waals surface area contributed by atoms with Crippen molar-refractivity contribution in [2.75, 3.05) is 36.5 Å². The minimum absolute atomic E-state index is 0.0584. The Labute approximate surface area is 260 Å². The maximum absolute atomic E-state index is 13.7. The molecule has 8 nitrogen and oxygen atoms in total. The zero-order valence-electron chi connectivity index (χ0n) is 25.9. The monoisotopic (exact) mass is 618 g/mol. The molecule has 44 heavy (non-hydrogen) atoms. The molecule has 2 aromatic carbocycles. The molecule has 0 bridgehead atoms. The number of nitriles is 1. The summed E-state index contributed by atoms with van der Waals surface area (Å²) in [7, 11) is -0.367. The fourth-order valence-electron chi connectivity index (χ4n) is 6.72. The van der Waals surface area contributed by atoms with Crippen LogP contribution in [0, 0.1) is 23.1 Å². The fourth-order valence-corrected chi connectivity index (χ4v) is 9.53. The SMILES string of the molecule is CC(C)N(C)[SH]1(=O)CCN(c2ccc(-c3cn(-c4ccc(F)cc4)nc3[C@@H]3CCCC[C@H]3C(=O)NC3(C#N)CC3)cc2)CC1. The number of hydrogen-bond donors (Lipinski definition) is 2. The third kappa shape index (κ3) is 6.04. The Morgan fingerprint density at radius 1 is 1.07 bits per heavy atom. The van der Waals surface area contributed by atoms with Gasteiger partial charge in [0.15, 0.2) is 0 Å². The lowest BCUT2D eigenvalue weighted by Gasteiger charge is -2.43. The van der Waals surface area contributed by atoms with Crippen molar-refractivity contribution in [3.05, 3.63) is 66.2 Å². The molecular weight excluding hydrogens is 575 g/mol. The summed E-state index contributed by atoms with van der Waals surface area (Å²) in [6.45, 7) is 5.69. The average molecular weight is 619 g/mol. The molecule has 0 unspecified atom stereocenters. The predicted octanol–water partition coefficient (Wildman–Crippen LogP) is 5.22. The highest BCUT2D eigenvalue weighted by Gasteiger charge is 2.47. The quantitative estimate of drug-likeness (QED) is 0.338. The van der Waals surface area contributed by atoms with Gasteiger partial charge < -0.3 is 10.2 Å². The van der Waals surface area contributed by atoms with Gasteiger partial charge in [0.1, 0.15) is 11.4 Å². The first kappa shape index (κ1) is 30.5. The number of nitrogens with one attached hydrogen (secondary N) is 1. The van der Waals surface area contributed by atoms with Gasteiger partial charge in [-0.25, -0.2) is 13.4 Å². The van der Waals surface area contributed by atoms with Gasteiger partial charge in [0.25, 0.3) is 0 Å². The van der Waals surface area contributed by atoms with Crippen LogP contribution in [0.4, 0.5) is 10.1 Å². The number of benzene rings is 2. The number of thiol groups is 1. The topological polar surface area (TPSA) is 94.3 Å². The molecule has 1 aliphatic heterocycles. The second-order valence-electron chi connectivity index (χ2n) is 13.0. The van der Waals surface area contributed by atoms with Crippen LogP contribution in [0.15, 0.2) is 54.7 Å². The van der Waals surface area contributed by atoms with Crippen molar-refractivity contribution in [1.82, 2.24) is 19.4 Å². The Morgan fingerprint density at radius 3 is 2.32 bits per heavy atom. The van der Waals surface area contributed by atoms with Crippen molar-refractivity contribution in [3.63, 3.8) is 0 Å². The molecule has 1 amide bonds. The molecular formula is C34H43FN6O2S. The summed E-state index contributed by atoms with van der Waals surface area (Å²) in [5.41, 5.74) is 3.95. The van der Waals surface area contributed by atoms with Crippen LogP contribution in [0.1, 0.15) is 64.0 Å². The maximum Gasteiger partial charge on any atom is 0.225 e. The van der Waals surface area contributed by atoms with Gasteiger partial charge >= 0.3 is 0 Å². The van der Waals surface area contributed by atoms with Gasteiger partial charge in [0, 0.05) is 59.9 Å². The molecule has 3 fully saturated rings. The smallest absolute Gasteiger partial charge is 0.225 e. The van der Waals surface area contributed by atoms with Crippen molar-refractivity contribution >= 4 is 21.7 Å². The van der Waals surface area contributed by atoms with E-state index in [4.69, 9.17) is 5.10 Å². The van der Waals surface area contributed by atoms with Crippen LogP contribution in [-0.4, -0.2) is 67.4 Å². The number of carbonyl (C=O) groups excluding carboxylic acids is 1. The molecule has 0 spiro atoms. The van der Waals surface area contributed by atoms with Gasteiger partial charge in [-0.2, -0.15) is 10.4 Å². The molecule has 1 N–H and O–H groups in total. The van der Waals surface area contributed by atoms with Crippen molar-refractivity contribution in [2.24, 2.45) is 5.92 Å². The number of nitrogens with zero attached hydrogens (tertiary/aromatic N) is 5. The Balaban J connectivity index is 1.29. The van der Waals surface area contributed by atoms with E-state index in [-0.39, 0.29) is 29.6 Å². The number of rotatable bonds is 8. The van der Waals surface area contributed by atoms with Gasteiger partial charge in [-0.3, -0.25) is 9.00 Å². The standard InChI is InChI=1S/C34H43FN6O2S/c1-24(2)39(3)44(43)20-18-40(19-21-44)27-12-8-25(9-13-27)31-22-41(28-14-10-26(35)11-15-28)38-32(31)29-6-4-5-7-30(29)33(42)37-34(23-36)16-17-34/h8-15,22,24,29-30,44H,4-7,16-21H2,1-3H3,(H,37,42)/t29-,30-/m1/s1. The molecule has 2 saturated carbocycles. The van der Waals surface area contributed by atoms with Gasteiger partial charge in [0.2, 0.25) is 5.91 Å². The first-order valence-corrected chi connectivity index (χ1v) is 17.9. The predicted molar refractivity (Wildman–Crippen MR) is 174 cm³/mol. The van der Waals surface area contributed by atoms with E-state index in [2.05, 4.69) is 58.7 Å². The number of aromatic nitrogens is 2. The van der Waals surface area contributed by atoms with E-state index in [0.717, 1.165) is 67.0 Å². The lowest BCUT2D eigenvalue weighted by molar-refractivity contribution is -0.127. The summed E-state index contributed by atoms with van der Waals surface area (Å²) in [5, 5.41) is 17.7. The van der Waals surface area contributed by atoms with Crippen LogP contribution in [0.2, 0.25) is 0 Å². The van der Waals surface area contributed by atoms with Crippen LogP contribution in [0.3, 0.4) is 0 Å². The Kier molecular flexibility index (Phi) is 8.38. The van der Waals surface area contributed by atoms with Gasteiger partial charge in [-0.15, -0.1) is 0 Å². The third-order valence-electron chi connectivity index (χ3n) is 9.92. The first-order valence-electron chi connectivity index (χ1n) is 15.9. The summed E-state index contributed by atoms with van der Waals surface area (Å²) in [4.78, 5) is 15.8. The van der Waals surface area contributed by atoms with Crippen LogP contribution >= 0.6 is 0 Å². The second kappa shape index (κ2) is 12.1. The number of carbonyl (C=O) groups is 1. The first-order chi connectivity index (χ1) is 21.1. The zero-order valence-corrected chi connectivity index (χ0v) is 26.8. The minimum atomic E-state index is -2.35. The molecule has 6 rings (SSSR count). The second-order valence-corrected chi connectivity index (χ2v) is 16.2. The van der Waals surface area contributed by atoms with Gasteiger partial charge in [-0.1, -0.05) is 35.1 Å². The third-order valence-corrected chi connectivity index (χ3v) is 13.3. The summed E-state index contributed by atoms with van der Waals surface area (Å²) < 4.78 is 31.1. The largest absolute Gasteiger partial charge is 0.370 e. The van der Waals surface area contributed by atoms with E-state index >= 15 is 0 Å². The van der Waals surface area contributed by atoms with Crippen LogP contribution < -0.4 is 10.2 Å². The fraction of sp³-hybridized carbons (Fsp3) is 0.500. The Bertz CT molecular complexity index is 1580. The molecule has 10 heteroatoms. The summed E-state index contributed by atoms with van der Waals surface area (Å²) in [6, 6.07) is 17.3. The van der Waals surface area contributed by atoms with Crippen molar-refractivity contribution in [1.29, 1.82) is 5.26 Å². The minimum Gasteiger partial charge on any atom is -0.370 e. The van der Waals surface area contributed by atoms with E-state index in [1.807, 2.05) is 13.2 Å². The molecule has 3 aliphatic rings. The van der Waals surface area contributed by atoms with E-state index in [1.54, 1.807) is 16.8 Å². The zero-order chi connectivity index (χ0) is 31.1. The van der Waals surface area contributed by atoms with E-state index in [1.165, 1.54) is 12.1 Å². The molecule has 3 aromatic rings. The van der Waals surface area contributed by atoms with E-state index < -0.39 is 15.7 Å². The van der Waals surface area contributed by atoms with Gasteiger partial charge in [-0.05, 0) is 88.5 Å². The molecule has 234 valence electrons. The number of halogens is 1. The average Bonchev–Trinajstić information content (AvgIpc) is 3.68. The molecule has 2 aliphatic carbocycles. The summed E-state index contributed by atoms with van der Waals surface area (Å²) >= 11 is 0. The summed E-state index contributed by atoms with van der Waals surface area (Å²) in [6.07, 6.45) is 6.94. The van der Waals surface area contributed by atoms with Crippen molar-refractivity contribution in [2.45, 2.75) is 69.9 Å². The highest BCUT2D eigenvalue weighted by molar-refractivity contribution is 8.00.